The second-order valence-electron chi connectivity index (χ2n) is 7.42. The monoisotopic (exact) mass is 474 g/mol. The Hall–Kier alpha value is -1.45. The lowest BCUT2D eigenvalue weighted by Gasteiger charge is -2.38. The van der Waals surface area contributed by atoms with Crippen molar-refractivity contribution in [3.05, 3.63) is 28.2 Å². The van der Waals surface area contributed by atoms with Crippen molar-refractivity contribution in [1.29, 1.82) is 0 Å². The first kappa shape index (κ1) is 22.8. The van der Waals surface area contributed by atoms with Crippen LogP contribution in [-0.2, 0) is 19.6 Å². The molecule has 1 saturated heterocycles. The highest BCUT2D eigenvalue weighted by molar-refractivity contribution is 9.10. The van der Waals surface area contributed by atoms with Crippen molar-refractivity contribution in [3.63, 3.8) is 0 Å². The number of nitrogens with one attached hydrogen (secondary N) is 1. The van der Waals surface area contributed by atoms with Gasteiger partial charge in [-0.3, -0.25) is 4.79 Å². The first-order valence-electron chi connectivity index (χ1n) is 9.33. The molecule has 1 aromatic rings. The van der Waals surface area contributed by atoms with Crippen LogP contribution in [0.2, 0.25) is 0 Å². The summed E-state index contributed by atoms with van der Waals surface area (Å²) in [6.07, 6.45) is 2.93. The molecule has 2 atom stereocenters. The highest BCUT2D eigenvalue weighted by Crippen LogP contribution is 2.24. The van der Waals surface area contributed by atoms with Gasteiger partial charge in [0.25, 0.3) is 5.91 Å². The van der Waals surface area contributed by atoms with Crippen LogP contribution in [0.3, 0.4) is 0 Å². The lowest BCUT2D eigenvalue weighted by molar-refractivity contribution is -0.140. The van der Waals surface area contributed by atoms with Crippen LogP contribution in [-0.4, -0.2) is 49.9 Å². The van der Waals surface area contributed by atoms with Crippen LogP contribution in [0, 0.1) is 0 Å². The summed E-state index contributed by atoms with van der Waals surface area (Å²) < 4.78 is 32.7. The number of esters is 1. The van der Waals surface area contributed by atoms with Gasteiger partial charge in [0, 0.05) is 22.6 Å². The first-order chi connectivity index (χ1) is 13.0. The molecule has 0 unspecified atom stereocenters. The fraction of sp³-hybridized carbons (Fsp3) is 0.579. The number of carbonyl (C=O) groups excluding carboxylic acids is 2. The van der Waals surface area contributed by atoms with E-state index in [1.807, 2.05) is 13.8 Å². The summed E-state index contributed by atoms with van der Waals surface area (Å²) in [5.41, 5.74) is 0.0548. The van der Waals surface area contributed by atoms with E-state index >= 15 is 0 Å². The van der Waals surface area contributed by atoms with Gasteiger partial charge in [0.2, 0.25) is 10.0 Å². The summed E-state index contributed by atoms with van der Waals surface area (Å²) in [7, 11) is -3.75. The van der Waals surface area contributed by atoms with Crippen LogP contribution in [0.25, 0.3) is 0 Å². The van der Waals surface area contributed by atoms with Crippen molar-refractivity contribution in [1.82, 2.24) is 9.62 Å². The molecule has 1 fully saturated rings. The number of sulfonamides is 1. The average Bonchev–Trinajstić information content (AvgIpc) is 2.58. The van der Waals surface area contributed by atoms with E-state index in [-0.39, 0.29) is 41.1 Å². The van der Waals surface area contributed by atoms with E-state index in [4.69, 9.17) is 4.74 Å². The molecule has 1 aliphatic heterocycles. The molecule has 9 heteroatoms. The van der Waals surface area contributed by atoms with Crippen molar-refractivity contribution in [2.24, 2.45) is 0 Å². The van der Waals surface area contributed by atoms with Crippen LogP contribution in [0.4, 0.5) is 0 Å². The molecular formula is C19H27BrN2O5S. The molecule has 2 rings (SSSR count). The van der Waals surface area contributed by atoms with Crippen molar-refractivity contribution < 1.29 is 22.7 Å². The number of piperidine rings is 1. The van der Waals surface area contributed by atoms with E-state index in [2.05, 4.69) is 20.7 Å². The second kappa shape index (κ2) is 9.37. The fourth-order valence-electron chi connectivity index (χ4n) is 3.40. The number of amides is 1. The summed E-state index contributed by atoms with van der Waals surface area (Å²) in [6, 6.07) is 4.05. The molecule has 0 aliphatic carbocycles. The molecule has 0 radical (unpaired) electrons. The van der Waals surface area contributed by atoms with E-state index in [0.29, 0.717) is 4.47 Å². The van der Waals surface area contributed by atoms with Crippen molar-refractivity contribution in [3.8, 4) is 0 Å². The Kier molecular flexibility index (Phi) is 7.64. The minimum Gasteiger partial charge on any atom is -0.452 e. The molecule has 1 aromatic carbocycles. The number of likely N-dealkylation sites (tertiary alicyclic amines) is 1. The Bertz CT molecular complexity index is 831. The van der Waals surface area contributed by atoms with Gasteiger partial charge in [-0.2, -0.15) is 0 Å². The molecule has 1 aliphatic rings. The smallest absolute Gasteiger partial charge is 0.339 e. The summed E-state index contributed by atoms with van der Waals surface area (Å²) in [5, 5.41) is 0. The zero-order chi connectivity index (χ0) is 21.1. The summed E-state index contributed by atoms with van der Waals surface area (Å²) in [5.74, 6) is -0.992. The van der Waals surface area contributed by atoms with Crippen molar-refractivity contribution >= 4 is 37.8 Å². The van der Waals surface area contributed by atoms with Gasteiger partial charge < -0.3 is 9.64 Å². The van der Waals surface area contributed by atoms with Gasteiger partial charge in [0.15, 0.2) is 6.61 Å². The first-order valence-corrected chi connectivity index (χ1v) is 11.6. The zero-order valence-corrected chi connectivity index (χ0v) is 19.0. The Morgan fingerprint density at radius 3 is 2.43 bits per heavy atom. The summed E-state index contributed by atoms with van der Waals surface area (Å²) in [6.45, 7) is 7.02. The van der Waals surface area contributed by atoms with E-state index in [1.165, 1.54) is 18.2 Å². The number of nitrogens with zero attached hydrogens (tertiary/aromatic N) is 1. The summed E-state index contributed by atoms with van der Waals surface area (Å²) in [4.78, 5) is 26.7. The van der Waals surface area contributed by atoms with E-state index < -0.39 is 16.0 Å². The summed E-state index contributed by atoms with van der Waals surface area (Å²) >= 11 is 3.24. The van der Waals surface area contributed by atoms with Crippen molar-refractivity contribution in [2.75, 3.05) is 6.61 Å². The minimum atomic E-state index is -3.75. The van der Waals surface area contributed by atoms with Crippen molar-refractivity contribution in [2.45, 2.75) is 70.0 Å². The van der Waals surface area contributed by atoms with Crippen LogP contribution < -0.4 is 4.72 Å². The third kappa shape index (κ3) is 5.55. The highest BCUT2D eigenvalue weighted by atomic mass is 79.9. The SMILES string of the molecule is CC(C)NS(=O)(=O)c1ccc(Br)c(C(=O)OCC(=O)N2[C@H](C)CCC[C@H]2C)c1. The molecule has 28 heavy (non-hydrogen) atoms. The molecule has 0 saturated carbocycles. The van der Waals surface area contributed by atoms with Gasteiger partial charge in [-0.25, -0.2) is 17.9 Å². The maximum Gasteiger partial charge on any atom is 0.339 e. The van der Waals surface area contributed by atoms with Crippen LogP contribution in [0.1, 0.15) is 57.3 Å². The normalized spacial score (nSPS) is 20.3. The third-order valence-electron chi connectivity index (χ3n) is 4.67. The Labute approximate surface area is 175 Å². The number of benzene rings is 1. The largest absolute Gasteiger partial charge is 0.452 e. The number of hydrogen-bond acceptors (Lipinski definition) is 5. The molecule has 0 bridgehead atoms. The lowest BCUT2D eigenvalue weighted by atomic mass is 9.97. The maximum absolute atomic E-state index is 12.5. The molecule has 1 heterocycles. The van der Waals surface area contributed by atoms with Gasteiger partial charge in [-0.05, 0) is 81.1 Å². The number of hydrogen-bond donors (Lipinski definition) is 1. The number of carbonyl (C=O) groups is 2. The van der Waals surface area contributed by atoms with Crippen LogP contribution in [0.15, 0.2) is 27.6 Å². The average molecular weight is 475 g/mol. The number of ether oxygens (including phenoxy) is 1. The van der Waals surface area contributed by atoms with Gasteiger partial charge >= 0.3 is 5.97 Å². The molecule has 0 spiro atoms. The van der Waals surface area contributed by atoms with E-state index in [1.54, 1.807) is 18.7 Å². The molecule has 156 valence electrons. The van der Waals surface area contributed by atoms with Gasteiger partial charge in [-0.15, -0.1) is 0 Å². The predicted molar refractivity (Wildman–Crippen MR) is 110 cm³/mol. The molecule has 7 nitrogen and oxygen atoms in total. The number of rotatable bonds is 6. The fourth-order valence-corrected chi connectivity index (χ4v) is 5.08. The molecule has 1 N–H and O–H groups in total. The Morgan fingerprint density at radius 2 is 1.86 bits per heavy atom. The molecule has 1 amide bonds. The maximum atomic E-state index is 12.5. The van der Waals surface area contributed by atoms with Crippen LogP contribution in [0.5, 0.6) is 0 Å². The lowest BCUT2D eigenvalue weighted by Crippen LogP contribution is -2.49. The Balaban J connectivity index is 2.12. The minimum absolute atomic E-state index is 0.0408. The topological polar surface area (TPSA) is 92.8 Å². The van der Waals surface area contributed by atoms with E-state index in [9.17, 15) is 18.0 Å². The predicted octanol–water partition coefficient (Wildman–Crippen LogP) is 3.08. The van der Waals surface area contributed by atoms with E-state index in [0.717, 1.165) is 19.3 Å². The van der Waals surface area contributed by atoms with Gasteiger partial charge in [-0.1, -0.05) is 0 Å². The standard InChI is InChI=1S/C19H27BrN2O5S/c1-12(2)21-28(25,26)15-8-9-17(20)16(10-15)19(24)27-11-18(23)22-13(3)6-5-7-14(22)4/h8-10,12-14,21H,5-7,11H2,1-4H3/t13-,14-/m1/s1. The van der Waals surface area contributed by atoms with Crippen LogP contribution >= 0.6 is 15.9 Å². The third-order valence-corrected chi connectivity index (χ3v) is 7.01. The molecular weight excluding hydrogens is 448 g/mol. The quantitative estimate of drug-likeness (QED) is 0.639. The van der Waals surface area contributed by atoms with Gasteiger partial charge in [0.05, 0.1) is 10.5 Å². The zero-order valence-electron chi connectivity index (χ0n) is 16.6. The number of halogens is 1. The Morgan fingerprint density at radius 1 is 1.25 bits per heavy atom. The second-order valence-corrected chi connectivity index (χ2v) is 9.99. The molecule has 0 aromatic heterocycles. The van der Waals surface area contributed by atoms with Gasteiger partial charge in [0.1, 0.15) is 0 Å². The highest BCUT2D eigenvalue weighted by Gasteiger charge is 2.29.